The molecule has 8 nitrogen and oxygen atoms in total. The Morgan fingerprint density at radius 2 is 2.12 bits per heavy atom. The van der Waals surface area contributed by atoms with Crippen molar-refractivity contribution in [3.8, 4) is 11.8 Å². The number of rotatable bonds is 3. The lowest BCUT2D eigenvalue weighted by atomic mass is 9.95. The van der Waals surface area contributed by atoms with E-state index in [1.165, 1.54) is 16.7 Å². The second-order valence-corrected chi connectivity index (χ2v) is 5.46. The number of carboxylic acids is 1. The highest BCUT2D eigenvalue weighted by molar-refractivity contribution is 6.04. The van der Waals surface area contributed by atoms with Crippen LogP contribution in [0.1, 0.15) is 27.9 Å². The van der Waals surface area contributed by atoms with Gasteiger partial charge in [0.2, 0.25) is 0 Å². The second-order valence-electron chi connectivity index (χ2n) is 5.46. The zero-order valence-electron chi connectivity index (χ0n) is 12.5. The maximum absolute atomic E-state index is 12.6. The molecule has 8 heteroatoms. The van der Waals surface area contributed by atoms with Crippen LogP contribution in [-0.4, -0.2) is 33.2 Å². The number of carbonyl (C=O) groups is 2. The number of amides is 1. The van der Waals surface area contributed by atoms with Gasteiger partial charge in [-0.15, -0.1) is 0 Å². The van der Waals surface area contributed by atoms with Crippen LogP contribution in [0.2, 0.25) is 0 Å². The summed E-state index contributed by atoms with van der Waals surface area (Å²) in [6.07, 6.45) is 1.23. The van der Waals surface area contributed by atoms with Gasteiger partial charge in [-0.3, -0.25) is 14.4 Å². The lowest BCUT2D eigenvalue weighted by Crippen LogP contribution is -2.36. The van der Waals surface area contributed by atoms with E-state index >= 15 is 0 Å². The molecule has 122 valence electrons. The predicted molar refractivity (Wildman–Crippen MR) is 82.9 cm³/mol. The second kappa shape index (κ2) is 5.70. The number of aliphatic carboxylic acids is 1. The number of aryl methyl sites for hydroxylation is 2. The number of nitrogens with one attached hydrogen (secondary N) is 1. The number of hydrogen-bond acceptors (Lipinski definition) is 5. The smallest absolute Gasteiger partial charge is 0.322 e. The first-order valence-corrected chi connectivity index (χ1v) is 7.27. The molecule has 2 heterocycles. The third-order valence-electron chi connectivity index (χ3n) is 4.06. The molecule has 1 aliphatic rings. The summed E-state index contributed by atoms with van der Waals surface area (Å²) in [6.45, 7) is -0.301. The summed E-state index contributed by atoms with van der Waals surface area (Å²) in [7, 11) is 0. The van der Waals surface area contributed by atoms with Crippen LogP contribution in [0, 0.1) is 11.3 Å². The largest absolute Gasteiger partial charge is 0.506 e. The molecule has 1 aromatic heterocycles. The molecule has 1 aromatic carbocycles. The summed E-state index contributed by atoms with van der Waals surface area (Å²) < 4.78 is 1.37. The van der Waals surface area contributed by atoms with Gasteiger partial charge < -0.3 is 20.1 Å². The number of aromatic hydroxyl groups is 1. The SMILES string of the molecule is N#Cc1ccc2c(O)c(C(=O)NCC(=O)O)c(=O)n3c2c1CCC3. The van der Waals surface area contributed by atoms with Crippen LogP contribution in [0.25, 0.3) is 10.9 Å². The number of benzene rings is 1. The maximum Gasteiger partial charge on any atom is 0.322 e. The van der Waals surface area contributed by atoms with Gasteiger partial charge in [0, 0.05) is 11.9 Å². The summed E-state index contributed by atoms with van der Waals surface area (Å²) in [4.78, 5) is 35.3. The number of nitriles is 1. The topological polar surface area (TPSA) is 132 Å². The van der Waals surface area contributed by atoms with Gasteiger partial charge in [0.15, 0.2) is 0 Å². The lowest BCUT2D eigenvalue weighted by molar-refractivity contribution is -0.135. The molecule has 0 bridgehead atoms. The van der Waals surface area contributed by atoms with Crippen LogP contribution in [0.5, 0.6) is 5.75 Å². The van der Waals surface area contributed by atoms with Gasteiger partial charge in [0.05, 0.1) is 17.1 Å². The fourth-order valence-corrected chi connectivity index (χ4v) is 3.04. The van der Waals surface area contributed by atoms with Crippen molar-refractivity contribution in [3.63, 3.8) is 0 Å². The number of aromatic nitrogens is 1. The zero-order valence-corrected chi connectivity index (χ0v) is 12.5. The van der Waals surface area contributed by atoms with Crippen LogP contribution >= 0.6 is 0 Å². The Morgan fingerprint density at radius 3 is 2.79 bits per heavy atom. The van der Waals surface area contributed by atoms with Gasteiger partial charge in [-0.05, 0) is 30.5 Å². The molecule has 1 amide bonds. The average Bonchev–Trinajstić information content (AvgIpc) is 2.57. The molecule has 1 aliphatic heterocycles. The van der Waals surface area contributed by atoms with Crippen molar-refractivity contribution in [2.45, 2.75) is 19.4 Å². The molecule has 24 heavy (non-hydrogen) atoms. The maximum atomic E-state index is 12.6. The molecule has 3 N–H and O–H groups in total. The molecule has 0 saturated heterocycles. The van der Waals surface area contributed by atoms with Crippen LogP contribution in [0.4, 0.5) is 0 Å². The first-order chi connectivity index (χ1) is 11.5. The van der Waals surface area contributed by atoms with E-state index in [1.54, 1.807) is 0 Å². The van der Waals surface area contributed by atoms with Gasteiger partial charge in [-0.2, -0.15) is 5.26 Å². The Morgan fingerprint density at radius 1 is 1.38 bits per heavy atom. The average molecular weight is 327 g/mol. The molecule has 0 spiro atoms. The summed E-state index contributed by atoms with van der Waals surface area (Å²) in [5.41, 5.74) is 0.377. The molecule has 0 unspecified atom stereocenters. The minimum atomic E-state index is -1.26. The van der Waals surface area contributed by atoms with E-state index in [1.807, 2.05) is 0 Å². The zero-order chi connectivity index (χ0) is 17.4. The van der Waals surface area contributed by atoms with Gasteiger partial charge in [-0.25, -0.2) is 0 Å². The molecule has 0 atom stereocenters. The van der Waals surface area contributed by atoms with Crippen molar-refractivity contribution in [3.05, 3.63) is 39.2 Å². The van der Waals surface area contributed by atoms with Crippen molar-refractivity contribution in [2.75, 3.05) is 6.54 Å². The number of nitrogens with zero attached hydrogens (tertiary/aromatic N) is 2. The Hall–Kier alpha value is -3.34. The summed E-state index contributed by atoms with van der Waals surface area (Å²) in [6, 6.07) is 5.09. The van der Waals surface area contributed by atoms with E-state index in [2.05, 4.69) is 11.4 Å². The summed E-state index contributed by atoms with van der Waals surface area (Å²) in [5, 5.41) is 30.6. The highest BCUT2D eigenvalue weighted by Gasteiger charge is 2.26. The van der Waals surface area contributed by atoms with E-state index in [-0.39, 0.29) is 0 Å². The molecule has 0 radical (unpaired) electrons. The minimum absolute atomic E-state index is 0.295. The quantitative estimate of drug-likeness (QED) is 0.744. The Kier molecular flexibility index (Phi) is 3.69. The molecule has 0 saturated carbocycles. The van der Waals surface area contributed by atoms with Crippen molar-refractivity contribution >= 4 is 22.8 Å². The number of carboxylic acid groups (broad SMARTS) is 1. The summed E-state index contributed by atoms with van der Waals surface area (Å²) >= 11 is 0. The van der Waals surface area contributed by atoms with Crippen LogP contribution in [-0.2, 0) is 17.8 Å². The highest BCUT2D eigenvalue weighted by Crippen LogP contribution is 2.33. The van der Waals surface area contributed by atoms with Crippen molar-refractivity contribution < 1.29 is 19.8 Å². The van der Waals surface area contributed by atoms with Crippen molar-refractivity contribution in [2.24, 2.45) is 0 Å². The highest BCUT2D eigenvalue weighted by atomic mass is 16.4. The fraction of sp³-hybridized carbons (Fsp3) is 0.250. The first-order valence-electron chi connectivity index (χ1n) is 7.27. The number of pyridine rings is 1. The van der Waals surface area contributed by atoms with Crippen LogP contribution < -0.4 is 10.9 Å². The Labute approximate surface area is 135 Å². The molecular formula is C16H13N3O5. The van der Waals surface area contributed by atoms with Gasteiger partial charge in [-0.1, -0.05) is 0 Å². The monoisotopic (exact) mass is 327 g/mol. The molecular weight excluding hydrogens is 314 g/mol. The van der Waals surface area contributed by atoms with Gasteiger partial charge >= 0.3 is 5.97 Å². The van der Waals surface area contributed by atoms with E-state index in [0.29, 0.717) is 41.4 Å². The van der Waals surface area contributed by atoms with E-state index < -0.39 is 35.3 Å². The van der Waals surface area contributed by atoms with Crippen LogP contribution in [0.3, 0.4) is 0 Å². The van der Waals surface area contributed by atoms with Crippen molar-refractivity contribution in [1.29, 1.82) is 5.26 Å². The van der Waals surface area contributed by atoms with E-state index in [0.717, 1.165) is 0 Å². The van der Waals surface area contributed by atoms with Crippen molar-refractivity contribution in [1.82, 2.24) is 9.88 Å². The fourth-order valence-electron chi connectivity index (χ4n) is 3.04. The first kappa shape index (κ1) is 15.6. The lowest BCUT2D eigenvalue weighted by Gasteiger charge is -2.22. The third-order valence-corrected chi connectivity index (χ3v) is 4.06. The molecule has 2 aromatic rings. The van der Waals surface area contributed by atoms with Crippen LogP contribution in [0.15, 0.2) is 16.9 Å². The number of hydrogen-bond donors (Lipinski definition) is 3. The summed E-state index contributed by atoms with van der Waals surface area (Å²) in [5.74, 6) is -2.70. The number of carbonyl (C=O) groups excluding carboxylic acids is 1. The predicted octanol–water partition coefficient (Wildman–Crippen LogP) is 0.339. The minimum Gasteiger partial charge on any atom is -0.506 e. The standard InChI is InChI=1S/C16H13N3O5/c17-6-8-3-4-10-13-9(8)2-1-5-19(13)16(24)12(14(10)22)15(23)18-7-11(20)21/h3-4,22H,1-2,5,7H2,(H,18,23)(H,20,21). The molecule has 0 aliphatic carbocycles. The Balaban J connectivity index is 2.28. The molecule has 0 fully saturated rings. The van der Waals surface area contributed by atoms with E-state index in [4.69, 9.17) is 5.11 Å². The molecule has 3 rings (SSSR count). The van der Waals surface area contributed by atoms with Gasteiger partial charge in [0.1, 0.15) is 17.9 Å². The third kappa shape index (κ3) is 2.27. The van der Waals surface area contributed by atoms with E-state index in [9.17, 15) is 24.8 Å². The van der Waals surface area contributed by atoms with Gasteiger partial charge in [0.25, 0.3) is 11.5 Å². The normalized spacial score (nSPS) is 12.6. The Bertz CT molecular complexity index is 984.